The van der Waals surface area contributed by atoms with Crippen LogP contribution in [0.3, 0.4) is 0 Å². The van der Waals surface area contributed by atoms with Crippen molar-refractivity contribution >= 4 is 17.3 Å². The van der Waals surface area contributed by atoms with E-state index in [9.17, 15) is 4.79 Å². The molecule has 3 rings (SSSR count). The Morgan fingerprint density at radius 2 is 1.78 bits per heavy atom. The number of hydrogen-bond acceptors (Lipinski definition) is 4. The molecule has 0 aliphatic rings. The molecule has 3 aromatic rings. The molecule has 5 heteroatoms. The van der Waals surface area contributed by atoms with E-state index in [1.165, 1.54) is 0 Å². The van der Waals surface area contributed by atoms with Crippen LogP contribution < -0.4 is 15.4 Å². The van der Waals surface area contributed by atoms with E-state index in [0.717, 1.165) is 22.7 Å². The number of benzene rings is 2. The van der Waals surface area contributed by atoms with Crippen molar-refractivity contribution in [2.75, 3.05) is 11.9 Å². The molecule has 1 aromatic heterocycles. The highest BCUT2D eigenvalue weighted by Crippen LogP contribution is 2.20. The lowest BCUT2D eigenvalue weighted by Crippen LogP contribution is -2.26. The van der Waals surface area contributed by atoms with Crippen molar-refractivity contribution in [3.05, 3.63) is 84.2 Å². The largest absolute Gasteiger partial charge is 0.494 e. The Morgan fingerprint density at radius 1 is 1.04 bits per heavy atom. The van der Waals surface area contributed by atoms with Gasteiger partial charge < -0.3 is 15.4 Å². The van der Waals surface area contributed by atoms with E-state index in [0.29, 0.717) is 12.2 Å². The predicted octanol–water partition coefficient (Wildman–Crippen LogP) is 4.71. The molecule has 1 unspecified atom stereocenters. The first-order valence-corrected chi connectivity index (χ1v) is 8.96. The van der Waals surface area contributed by atoms with E-state index in [-0.39, 0.29) is 11.9 Å². The van der Waals surface area contributed by atoms with Gasteiger partial charge in [0, 0.05) is 11.9 Å². The molecule has 5 nitrogen and oxygen atoms in total. The molecular weight excluding hydrogens is 338 g/mol. The summed E-state index contributed by atoms with van der Waals surface area (Å²) >= 11 is 0. The predicted molar refractivity (Wildman–Crippen MR) is 107 cm³/mol. The molecule has 0 aliphatic carbocycles. The monoisotopic (exact) mass is 361 g/mol. The van der Waals surface area contributed by atoms with Gasteiger partial charge in [-0.3, -0.25) is 9.78 Å². The molecular formula is C22H23N3O2. The Morgan fingerprint density at radius 3 is 2.48 bits per heavy atom. The number of pyridine rings is 1. The maximum absolute atomic E-state index is 12.6. The van der Waals surface area contributed by atoms with Crippen molar-refractivity contribution in [3.63, 3.8) is 0 Å². The first kappa shape index (κ1) is 18.5. The van der Waals surface area contributed by atoms with Gasteiger partial charge in [0.15, 0.2) is 0 Å². The number of anilines is 2. The molecule has 1 atom stereocenters. The number of rotatable bonds is 7. The van der Waals surface area contributed by atoms with Crippen molar-refractivity contribution in [1.82, 2.24) is 10.3 Å². The average Bonchev–Trinajstić information content (AvgIpc) is 2.70. The molecule has 0 saturated heterocycles. The number of amides is 1. The van der Waals surface area contributed by atoms with E-state index in [4.69, 9.17) is 4.74 Å². The Balaban J connectivity index is 1.66. The first-order chi connectivity index (χ1) is 13.2. The van der Waals surface area contributed by atoms with Crippen LogP contribution in [0.5, 0.6) is 5.75 Å². The topological polar surface area (TPSA) is 63.2 Å². The summed E-state index contributed by atoms with van der Waals surface area (Å²) in [5.41, 5.74) is 3.21. The van der Waals surface area contributed by atoms with Gasteiger partial charge in [-0.25, -0.2) is 0 Å². The highest BCUT2D eigenvalue weighted by atomic mass is 16.5. The van der Waals surface area contributed by atoms with Gasteiger partial charge in [0.25, 0.3) is 5.91 Å². The van der Waals surface area contributed by atoms with Gasteiger partial charge in [0.1, 0.15) is 5.75 Å². The summed E-state index contributed by atoms with van der Waals surface area (Å²) in [7, 11) is 0. The van der Waals surface area contributed by atoms with Crippen LogP contribution in [0.2, 0.25) is 0 Å². The summed E-state index contributed by atoms with van der Waals surface area (Å²) in [5, 5.41) is 6.26. The molecule has 1 amide bonds. The van der Waals surface area contributed by atoms with Crippen molar-refractivity contribution in [2.45, 2.75) is 19.9 Å². The van der Waals surface area contributed by atoms with Gasteiger partial charge in [-0.1, -0.05) is 30.3 Å². The molecule has 0 radical (unpaired) electrons. The summed E-state index contributed by atoms with van der Waals surface area (Å²) in [6.45, 7) is 4.55. The lowest BCUT2D eigenvalue weighted by molar-refractivity contribution is 0.0939. The minimum atomic E-state index is -0.158. The quantitative estimate of drug-likeness (QED) is 0.639. The zero-order chi connectivity index (χ0) is 19.1. The Bertz CT molecular complexity index is 880. The third kappa shape index (κ3) is 5.07. The third-order valence-corrected chi connectivity index (χ3v) is 4.10. The van der Waals surface area contributed by atoms with Crippen LogP contribution in [-0.2, 0) is 0 Å². The zero-order valence-corrected chi connectivity index (χ0v) is 15.5. The van der Waals surface area contributed by atoms with Crippen LogP contribution in [0, 0.1) is 0 Å². The summed E-state index contributed by atoms with van der Waals surface area (Å²) < 4.78 is 5.44. The van der Waals surface area contributed by atoms with Crippen LogP contribution in [0.1, 0.15) is 35.8 Å². The van der Waals surface area contributed by atoms with Crippen LogP contribution in [-0.4, -0.2) is 17.5 Å². The van der Waals surface area contributed by atoms with Crippen LogP contribution >= 0.6 is 0 Å². The first-order valence-electron chi connectivity index (χ1n) is 8.96. The van der Waals surface area contributed by atoms with Gasteiger partial charge in [0.2, 0.25) is 0 Å². The SMILES string of the molecule is CCOc1ccc(Nc2cncc(C(=O)NC(C)c3ccccc3)c2)cc1. The Hall–Kier alpha value is -3.34. The lowest BCUT2D eigenvalue weighted by Gasteiger charge is -2.15. The highest BCUT2D eigenvalue weighted by molar-refractivity contribution is 5.95. The van der Waals surface area contributed by atoms with E-state index >= 15 is 0 Å². The van der Waals surface area contributed by atoms with Gasteiger partial charge in [0.05, 0.1) is 30.1 Å². The van der Waals surface area contributed by atoms with Crippen LogP contribution in [0.25, 0.3) is 0 Å². The van der Waals surface area contributed by atoms with Crippen LogP contribution in [0.4, 0.5) is 11.4 Å². The summed E-state index contributed by atoms with van der Waals surface area (Å²) in [6, 6.07) is 19.2. The summed E-state index contributed by atoms with van der Waals surface area (Å²) in [4.78, 5) is 16.7. The second kappa shape index (κ2) is 8.85. The molecule has 1 heterocycles. The maximum atomic E-state index is 12.6. The molecule has 138 valence electrons. The Labute approximate surface area is 159 Å². The van der Waals surface area contributed by atoms with Crippen molar-refractivity contribution < 1.29 is 9.53 Å². The molecule has 0 bridgehead atoms. The number of hydrogen-bond donors (Lipinski definition) is 2. The van der Waals surface area contributed by atoms with Gasteiger partial charge in [-0.05, 0) is 49.7 Å². The van der Waals surface area contributed by atoms with E-state index in [2.05, 4.69) is 15.6 Å². The number of carbonyl (C=O) groups excluding carboxylic acids is 1. The fraction of sp³-hybridized carbons (Fsp3) is 0.182. The fourth-order valence-electron chi connectivity index (χ4n) is 2.71. The summed E-state index contributed by atoms with van der Waals surface area (Å²) in [6.07, 6.45) is 3.25. The minimum Gasteiger partial charge on any atom is -0.494 e. The maximum Gasteiger partial charge on any atom is 0.253 e. The van der Waals surface area contributed by atoms with E-state index in [1.54, 1.807) is 18.5 Å². The van der Waals surface area contributed by atoms with E-state index in [1.807, 2.05) is 68.4 Å². The molecule has 0 spiro atoms. The van der Waals surface area contributed by atoms with Crippen molar-refractivity contribution in [3.8, 4) is 5.75 Å². The smallest absolute Gasteiger partial charge is 0.253 e. The number of aromatic nitrogens is 1. The second-order valence-electron chi connectivity index (χ2n) is 6.15. The zero-order valence-electron chi connectivity index (χ0n) is 15.5. The number of ether oxygens (including phenoxy) is 1. The van der Waals surface area contributed by atoms with Crippen molar-refractivity contribution in [2.24, 2.45) is 0 Å². The number of nitrogens with zero attached hydrogens (tertiary/aromatic N) is 1. The molecule has 0 fully saturated rings. The highest BCUT2D eigenvalue weighted by Gasteiger charge is 2.12. The van der Waals surface area contributed by atoms with Crippen LogP contribution in [0.15, 0.2) is 73.1 Å². The number of nitrogens with one attached hydrogen (secondary N) is 2. The van der Waals surface area contributed by atoms with Gasteiger partial charge >= 0.3 is 0 Å². The molecule has 2 aromatic carbocycles. The third-order valence-electron chi connectivity index (χ3n) is 4.10. The van der Waals surface area contributed by atoms with Gasteiger partial charge in [-0.15, -0.1) is 0 Å². The second-order valence-corrected chi connectivity index (χ2v) is 6.15. The summed E-state index contributed by atoms with van der Waals surface area (Å²) in [5.74, 6) is 0.665. The standard InChI is InChI=1S/C22H23N3O2/c1-3-27-21-11-9-19(10-12-21)25-20-13-18(14-23-15-20)22(26)24-16(2)17-7-5-4-6-8-17/h4-16,25H,3H2,1-2H3,(H,24,26). The molecule has 2 N–H and O–H groups in total. The Kier molecular flexibility index (Phi) is 6.05. The van der Waals surface area contributed by atoms with E-state index < -0.39 is 0 Å². The van der Waals surface area contributed by atoms with Crippen molar-refractivity contribution in [1.29, 1.82) is 0 Å². The van der Waals surface area contributed by atoms with Gasteiger partial charge in [-0.2, -0.15) is 0 Å². The normalized spacial score (nSPS) is 11.5. The minimum absolute atomic E-state index is 0.0820. The average molecular weight is 361 g/mol. The molecule has 0 aliphatic heterocycles. The fourth-order valence-corrected chi connectivity index (χ4v) is 2.71. The lowest BCUT2D eigenvalue weighted by atomic mass is 10.1. The molecule has 27 heavy (non-hydrogen) atoms. The number of carbonyl (C=O) groups is 1. The molecule has 0 saturated carbocycles.